The Labute approximate surface area is 121 Å². The number of carbonyl (C=O) groups excluding carboxylic acids is 1. The topological polar surface area (TPSA) is 81.5 Å². The molecule has 2 aromatic rings. The molecule has 0 bridgehead atoms. The van der Waals surface area contributed by atoms with E-state index in [1.54, 1.807) is 18.2 Å². The third-order valence-electron chi connectivity index (χ3n) is 2.92. The van der Waals surface area contributed by atoms with Crippen LogP contribution in [0, 0.1) is 17.0 Å². The van der Waals surface area contributed by atoms with Crippen LogP contribution < -0.4 is 10.1 Å². The van der Waals surface area contributed by atoms with E-state index in [0.717, 1.165) is 5.56 Å². The van der Waals surface area contributed by atoms with Crippen LogP contribution in [0.5, 0.6) is 5.75 Å². The van der Waals surface area contributed by atoms with Gasteiger partial charge in [0.15, 0.2) is 0 Å². The lowest BCUT2D eigenvalue weighted by Gasteiger charge is -2.10. The molecule has 0 saturated heterocycles. The summed E-state index contributed by atoms with van der Waals surface area (Å²) in [4.78, 5) is 22.4. The molecule has 0 spiro atoms. The molecule has 0 fully saturated rings. The van der Waals surface area contributed by atoms with E-state index in [4.69, 9.17) is 4.74 Å². The van der Waals surface area contributed by atoms with Gasteiger partial charge in [-0.05, 0) is 25.1 Å². The van der Waals surface area contributed by atoms with Crippen LogP contribution in [0.25, 0.3) is 0 Å². The van der Waals surface area contributed by atoms with Gasteiger partial charge in [0.1, 0.15) is 5.75 Å². The number of carbonyl (C=O) groups is 1. The van der Waals surface area contributed by atoms with Crippen molar-refractivity contribution in [1.29, 1.82) is 0 Å². The maximum absolute atomic E-state index is 12.2. The number of amides is 1. The second-order valence-corrected chi connectivity index (χ2v) is 4.47. The first kappa shape index (κ1) is 14.5. The van der Waals surface area contributed by atoms with Gasteiger partial charge >= 0.3 is 0 Å². The Morgan fingerprint density at radius 1 is 1.24 bits per heavy atom. The second-order valence-electron chi connectivity index (χ2n) is 4.47. The Morgan fingerprint density at radius 3 is 2.62 bits per heavy atom. The van der Waals surface area contributed by atoms with Gasteiger partial charge < -0.3 is 10.1 Å². The molecule has 0 saturated carbocycles. The average molecular weight is 286 g/mol. The molecule has 0 aliphatic heterocycles. The molecule has 0 aliphatic carbocycles. The van der Waals surface area contributed by atoms with Crippen molar-refractivity contribution in [2.75, 3.05) is 12.4 Å². The lowest BCUT2D eigenvalue weighted by molar-refractivity contribution is -0.384. The maximum atomic E-state index is 12.2. The fraction of sp³-hybridized carbons (Fsp3) is 0.133. The minimum Gasteiger partial charge on any atom is -0.494 e. The van der Waals surface area contributed by atoms with Crippen LogP contribution in [-0.2, 0) is 0 Å². The number of rotatable bonds is 4. The van der Waals surface area contributed by atoms with Crippen molar-refractivity contribution in [1.82, 2.24) is 0 Å². The lowest BCUT2D eigenvalue weighted by atomic mass is 10.1. The number of methoxy groups -OCH3 is 1. The third-order valence-corrected chi connectivity index (χ3v) is 2.92. The van der Waals surface area contributed by atoms with Crippen molar-refractivity contribution in [2.24, 2.45) is 0 Å². The van der Waals surface area contributed by atoms with Crippen LogP contribution in [0.15, 0.2) is 42.5 Å². The van der Waals surface area contributed by atoms with E-state index < -0.39 is 4.92 Å². The number of nitrogens with one attached hydrogen (secondary N) is 1. The van der Waals surface area contributed by atoms with E-state index in [1.807, 2.05) is 13.0 Å². The SMILES string of the molecule is COc1cc([N+](=O)[O-])ccc1NC(=O)c1cccc(C)c1. The van der Waals surface area contributed by atoms with Gasteiger partial charge in [-0.2, -0.15) is 0 Å². The summed E-state index contributed by atoms with van der Waals surface area (Å²) >= 11 is 0. The first-order valence-electron chi connectivity index (χ1n) is 6.21. The summed E-state index contributed by atoms with van der Waals surface area (Å²) < 4.78 is 5.08. The van der Waals surface area contributed by atoms with Gasteiger partial charge in [-0.3, -0.25) is 14.9 Å². The standard InChI is InChI=1S/C15H14N2O4/c1-10-4-3-5-11(8-10)15(18)16-13-7-6-12(17(19)20)9-14(13)21-2/h3-9H,1-2H3,(H,16,18). The van der Waals surface area contributed by atoms with Crippen LogP contribution in [0.1, 0.15) is 15.9 Å². The molecule has 0 atom stereocenters. The van der Waals surface area contributed by atoms with Crippen molar-refractivity contribution < 1.29 is 14.5 Å². The molecule has 1 N–H and O–H groups in total. The normalized spacial score (nSPS) is 10.0. The molecule has 21 heavy (non-hydrogen) atoms. The van der Waals surface area contributed by atoms with Gasteiger partial charge in [0.25, 0.3) is 11.6 Å². The number of nitrogens with zero attached hydrogens (tertiary/aromatic N) is 1. The number of anilines is 1. The zero-order chi connectivity index (χ0) is 15.4. The molecule has 108 valence electrons. The number of aryl methyl sites for hydroxylation is 1. The van der Waals surface area contributed by atoms with Crippen LogP contribution in [0.3, 0.4) is 0 Å². The molecular formula is C15H14N2O4. The summed E-state index contributed by atoms with van der Waals surface area (Å²) in [6, 6.07) is 11.2. The predicted octanol–water partition coefficient (Wildman–Crippen LogP) is 3.16. The Kier molecular flexibility index (Phi) is 4.18. The quantitative estimate of drug-likeness (QED) is 0.691. The first-order valence-corrected chi connectivity index (χ1v) is 6.21. The largest absolute Gasteiger partial charge is 0.494 e. The molecule has 0 unspecified atom stereocenters. The van der Waals surface area contributed by atoms with E-state index >= 15 is 0 Å². The number of benzene rings is 2. The fourth-order valence-electron chi connectivity index (χ4n) is 1.88. The molecule has 0 radical (unpaired) electrons. The van der Waals surface area contributed by atoms with E-state index in [0.29, 0.717) is 11.3 Å². The molecule has 0 aliphatic rings. The number of ether oxygens (including phenoxy) is 1. The van der Waals surface area contributed by atoms with Gasteiger partial charge in [0, 0.05) is 11.6 Å². The Bertz CT molecular complexity index is 698. The van der Waals surface area contributed by atoms with Gasteiger partial charge in [0.05, 0.1) is 23.8 Å². The average Bonchev–Trinajstić information content (AvgIpc) is 2.47. The zero-order valence-electron chi connectivity index (χ0n) is 11.6. The highest BCUT2D eigenvalue weighted by atomic mass is 16.6. The second kappa shape index (κ2) is 6.04. The summed E-state index contributed by atoms with van der Waals surface area (Å²) in [5.74, 6) is -0.0592. The summed E-state index contributed by atoms with van der Waals surface area (Å²) in [6.45, 7) is 1.89. The van der Waals surface area contributed by atoms with E-state index in [2.05, 4.69) is 5.32 Å². The van der Waals surface area contributed by atoms with Crippen LogP contribution in [0.4, 0.5) is 11.4 Å². The monoisotopic (exact) mass is 286 g/mol. The third kappa shape index (κ3) is 3.36. The van der Waals surface area contributed by atoms with Crippen LogP contribution >= 0.6 is 0 Å². The molecule has 6 heteroatoms. The van der Waals surface area contributed by atoms with Gasteiger partial charge in [-0.25, -0.2) is 0 Å². The predicted molar refractivity (Wildman–Crippen MR) is 78.8 cm³/mol. The summed E-state index contributed by atoms with van der Waals surface area (Å²) in [6.07, 6.45) is 0. The summed E-state index contributed by atoms with van der Waals surface area (Å²) in [7, 11) is 1.39. The maximum Gasteiger partial charge on any atom is 0.273 e. The Morgan fingerprint density at radius 2 is 2.00 bits per heavy atom. The van der Waals surface area contributed by atoms with E-state index in [-0.39, 0.29) is 17.3 Å². The van der Waals surface area contributed by atoms with Crippen molar-refractivity contribution >= 4 is 17.3 Å². The van der Waals surface area contributed by atoms with E-state index in [9.17, 15) is 14.9 Å². The molecule has 2 rings (SSSR count). The van der Waals surface area contributed by atoms with Crippen molar-refractivity contribution in [3.05, 3.63) is 63.7 Å². The first-order chi connectivity index (χ1) is 10.0. The zero-order valence-corrected chi connectivity index (χ0v) is 11.6. The Balaban J connectivity index is 2.27. The van der Waals surface area contributed by atoms with Gasteiger partial charge in [0.2, 0.25) is 0 Å². The smallest absolute Gasteiger partial charge is 0.273 e. The molecule has 6 nitrogen and oxygen atoms in total. The summed E-state index contributed by atoms with van der Waals surface area (Å²) in [5, 5.41) is 13.4. The fourth-order valence-corrected chi connectivity index (χ4v) is 1.88. The number of hydrogen-bond acceptors (Lipinski definition) is 4. The molecule has 1 amide bonds. The number of hydrogen-bond donors (Lipinski definition) is 1. The van der Waals surface area contributed by atoms with Crippen molar-refractivity contribution in [2.45, 2.75) is 6.92 Å². The highest BCUT2D eigenvalue weighted by molar-refractivity contribution is 6.05. The number of non-ortho nitro benzene ring substituents is 1. The summed E-state index contributed by atoms with van der Waals surface area (Å²) in [5.41, 5.74) is 1.77. The number of nitro benzene ring substituents is 1. The molecule has 2 aromatic carbocycles. The van der Waals surface area contributed by atoms with Crippen LogP contribution in [0.2, 0.25) is 0 Å². The lowest BCUT2D eigenvalue weighted by Crippen LogP contribution is -2.12. The number of nitro groups is 1. The molecular weight excluding hydrogens is 272 g/mol. The van der Waals surface area contributed by atoms with Crippen LogP contribution in [-0.4, -0.2) is 17.9 Å². The molecule has 0 heterocycles. The van der Waals surface area contributed by atoms with E-state index in [1.165, 1.54) is 25.3 Å². The van der Waals surface area contributed by atoms with Crippen molar-refractivity contribution in [3.63, 3.8) is 0 Å². The van der Waals surface area contributed by atoms with Gasteiger partial charge in [-0.1, -0.05) is 17.7 Å². The highest BCUT2D eigenvalue weighted by Gasteiger charge is 2.14. The molecule has 0 aromatic heterocycles. The highest BCUT2D eigenvalue weighted by Crippen LogP contribution is 2.29. The van der Waals surface area contributed by atoms with Crippen molar-refractivity contribution in [3.8, 4) is 5.75 Å². The minimum absolute atomic E-state index is 0.0968. The minimum atomic E-state index is -0.519. The Hall–Kier alpha value is -2.89. The van der Waals surface area contributed by atoms with Gasteiger partial charge in [-0.15, -0.1) is 0 Å².